The second-order valence-corrected chi connectivity index (χ2v) is 9.47. The van der Waals surface area contributed by atoms with E-state index in [9.17, 15) is 14.4 Å². The van der Waals surface area contributed by atoms with Crippen LogP contribution in [0, 0.1) is 5.82 Å². The Balaban J connectivity index is 1.77. The summed E-state index contributed by atoms with van der Waals surface area (Å²) in [5.41, 5.74) is 4.06. The second-order valence-electron chi connectivity index (χ2n) is 9.47. The number of benzene rings is 3. The maximum Gasteiger partial charge on any atom is 0.338 e. The van der Waals surface area contributed by atoms with Crippen LogP contribution >= 0.6 is 0 Å². The molecule has 0 aliphatic rings. The van der Waals surface area contributed by atoms with Gasteiger partial charge in [-0.05, 0) is 61.2 Å². The van der Waals surface area contributed by atoms with Crippen LogP contribution in [-0.2, 0) is 23.9 Å². The molecule has 0 radical (unpaired) electrons. The Kier molecular flexibility index (Phi) is 9.92. The lowest BCUT2D eigenvalue weighted by atomic mass is 9.95. The van der Waals surface area contributed by atoms with E-state index in [1.54, 1.807) is 51.1 Å². The van der Waals surface area contributed by atoms with Crippen LogP contribution in [0.15, 0.2) is 103 Å². The predicted molar refractivity (Wildman–Crippen MR) is 152 cm³/mol. The summed E-state index contributed by atoms with van der Waals surface area (Å²) in [6, 6.07) is 18.8. The lowest BCUT2D eigenvalue weighted by Gasteiger charge is -2.18. The molecule has 0 saturated carbocycles. The van der Waals surface area contributed by atoms with E-state index >= 15 is 4.39 Å². The van der Waals surface area contributed by atoms with E-state index in [0.717, 1.165) is 11.1 Å². The number of carbonyl (C=O) groups excluding carboxylic acids is 3. The zero-order valence-corrected chi connectivity index (χ0v) is 22.8. The summed E-state index contributed by atoms with van der Waals surface area (Å²) < 4.78 is 30.9. The topological polar surface area (TPSA) is 78.9 Å². The van der Waals surface area contributed by atoms with Crippen molar-refractivity contribution in [2.24, 2.45) is 0 Å². The minimum atomic E-state index is -0.536. The van der Waals surface area contributed by atoms with Gasteiger partial charge in [-0.1, -0.05) is 68.3 Å². The van der Waals surface area contributed by atoms with Gasteiger partial charge in [-0.2, -0.15) is 0 Å². The van der Waals surface area contributed by atoms with Gasteiger partial charge in [-0.3, -0.25) is 0 Å². The van der Waals surface area contributed by atoms with Crippen molar-refractivity contribution in [2.75, 3.05) is 13.2 Å². The fourth-order valence-electron chi connectivity index (χ4n) is 3.61. The van der Waals surface area contributed by atoms with Crippen molar-refractivity contribution in [3.63, 3.8) is 0 Å². The molecular weight excluding hydrogens is 511 g/mol. The minimum absolute atomic E-state index is 0.0109. The van der Waals surface area contributed by atoms with Crippen LogP contribution < -0.4 is 4.74 Å². The summed E-state index contributed by atoms with van der Waals surface area (Å²) in [5, 5.41) is 0. The molecule has 0 spiro atoms. The molecule has 0 fully saturated rings. The van der Waals surface area contributed by atoms with Crippen molar-refractivity contribution < 1.29 is 33.0 Å². The van der Waals surface area contributed by atoms with Crippen LogP contribution in [0.3, 0.4) is 0 Å². The molecule has 3 aromatic rings. The summed E-state index contributed by atoms with van der Waals surface area (Å²) in [4.78, 5) is 35.5. The number of hydrogen-bond acceptors (Lipinski definition) is 6. The molecule has 0 bridgehead atoms. The first-order valence-corrected chi connectivity index (χ1v) is 12.5. The molecule has 6 nitrogen and oxygen atoms in total. The summed E-state index contributed by atoms with van der Waals surface area (Å²) in [5.74, 6) is -2.09. The first-order valence-electron chi connectivity index (χ1n) is 12.5. The molecule has 0 saturated heterocycles. The zero-order chi connectivity index (χ0) is 29.4. The standard InChI is InChI=1S/C33H31FO6/c1-20(2)31(35)38-18-27(19-39-32(36)21(3)4)24-9-7-23(8-10-24)26-13-16-29(30(34)17-26)25-11-14-28(15-12-25)40-33(37)22(5)6/h7-17,27H,1,3,5,18-19H2,2,4,6H3. The van der Waals surface area contributed by atoms with Crippen molar-refractivity contribution in [1.82, 2.24) is 0 Å². The smallest absolute Gasteiger partial charge is 0.338 e. The van der Waals surface area contributed by atoms with Crippen LogP contribution in [-0.4, -0.2) is 31.1 Å². The molecule has 0 aliphatic heterocycles. The quantitative estimate of drug-likeness (QED) is 0.148. The Morgan fingerprint density at radius 2 is 1.15 bits per heavy atom. The van der Waals surface area contributed by atoms with Crippen LogP contribution in [0.25, 0.3) is 22.3 Å². The Morgan fingerprint density at radius 3 is 1.62 bits per heavy atom. The molecule has 0 unspecified atom stereocenters. The molecule has 0 heterocycles. The number of esters is 3. The highest BCUT2D eigenvalue weighted by Crippen LogP contribution is 2.30. The van der Waals surface area contributed by atoms with Crippen molar-refractivity contribution in [3.05, 3.63) is 115 Å². The summed E-state index contributed by atoms with van der Waals surface area (Å²) in [6.07, 6.45) is 0. The second kappa shape index (κ2) is 13.3. The predicted octanol–water partition coefficient (Wildman–Crippen LogP) is 6.96. The van der Waals surface area contributed by atoms with Crippen molar-refractivity contribution >= 4 is 17.9 Å². The number of carbonyl (C=O) groups is 3. The molecule has 40 heavy (non-hydrogen) atoms. The fraction of sp³-hybridized carbons (Fsp3) is 0.182. The highest BCUT2D eigenvalue weighted by molar-refractivity contribution is 5.89. The van der Waals surface area contributed by atoms with Crippen molar-refractivity contribution in [2.45, 2.75) is 26.7 Å². The van der Waals surface area contributed by atoms with Crippen LogP contribution in [0.1, 0.15) is 32.3 Å². The highest BCUT2D eigenvalue weighted by atomic mass is 19.1. The van der Waals surface area contributed by atoms with Gasteiger partial charge in [0.05, 0.1) is 5.92 Å². The van der Waals surface area contributed by atoms with Gasteiger partial charge in [-0.25, -0.2) is 18.8 Å². The van der Waals surface area contributed by atoms with Crippen LogP contribution in [0.5, 0.6) is 5.75 Å². The maximum atomic E-state index is 15.1. The molecule has 0 amide bonds. The van der Waals surface area contributed by atoms with Crippen LogP contribution in [0.4, 0.5) is 4.39 Å². The third-order valence-electron chi connectivity index (χ3n) is 5.94. The monoisotopic (exact) mass is 542 g/mol. The Morgan fingerprint density at radius 1 is 0.675 bits per heavy atom. The molecule has 0 aliphatic carbocycles. The van der Waals surface area contributed by atoms with E-state index in [4.69, 9.17) is 14.2 Å². The lowest BCUT2D eigenvalue weighted by molar-refractivity contribution is -0.142. The van der Waals surface area contributed by atoms with E-state index in [0.29, 0.717) is 22.4 Å². The SMILES string of the molecule is C=C(C)C(=O)OCC(COC(=O)C(=C)C)c1ccc(-c2ccc(-c3ccc(OC(=O)C(=C)C)cc3)c(F)c2)cc1. The largest absolute Gasteiger partial charge is 0.462 e. The van der Waals surface area contributed by atoms with E-state index in [1.165, 1.54) is 6.07 Å². The van der Waals surface area contributed by atoms with E-state index in [1.807, 2.05) is 30.3 Å². The summed E-state index contributed by atoms with van der Waals surface area (Å²) in [7, 11) is 0. The van der Waals surface area contributed by atoms with Crippen molar-refractivity contribution in [1.29, 1.82) is 0 Å². The van der Waals surface area contributed by atoms with Gasteiger partial charge in [0.15, 0.2) is 0 Å². The van der Waals surface area contributed by atoms with Crippen molar-refractivity contribution in [3.8, 4) is 28.0 Å². The number of rotatable bonds is 11. The Hall–Kier alpha value is -4.78. The molecule has 7 heteroatoms. The number of hydrogen-bond donors (Lipinski definition) is 0. The van der Waals surface area contributed by atoms with Gasteiger partial charge < -0.3 is 14.2 Å². The molecule has 3 rings (SSSR count). The Bertz CT molecular complexity index is 1420. The van der Waals surface area contributed by atoms with E-state index in [-0.39, 0.29) is 29.9 Å². The molecule has 0 N–H and O–H groups in total. The zero-order valence-electron chi connectivity index (χ0n) is 22.8. The third-order valence-corrected chi connectivity index (χ3v) is 5.94. The van der Waals surface area contributed by atoms with E-state index < -0.39 is 29.6 Å². The third kappa shape index (κ3) is 7.86. The normalized spacial score (nSPS) is 10.5. The van der Waals surface area contributed by atoms with Gasteiger partial charge in [-0.15, -0.1) is 0 Å². The summed E-state index contributed by atoms with van der Waals surface area (Å²) in [6.45, 7) is 15.3. The molecule has 3 aromatic carbocycles. The fourth-order valence-corrected chi connectivity index (χ4v) is 3.61. The maximum absolute atomic E-state index is 15.1. The average molecular weight is 543 g/mol. The minimum Gasteiger partial charge on any atom is -0.462 e. The molecular formula is C33H31FO6. The number of ether oxygens (including phenoxy) is 3. The molecule has 206 valence electrons. The first-order chi connectivity index (χ1) is 19.0. The Labute approximate surface area is 233 Å². The molecule has 0 atom stereocenters. The average Bonchev–Trinajstić information content (AvgIpc) is 2.93. The first kappa shape index (κ1) is 29.8. The highest BCUT2D eigenvalue weighted by Gasteiger charge is 2.18. The van der Waals surface area contributed by atoms with Gasteiger partial charge in [0.1, 0.15) is 24.8 Å². The van der Waals surface area contributed by atoms with Gasteiger partial charge in [0, 0.05) is 22.3 Å². The molecule has 0 aromatic heterocycles. The van der Waals surface area contributed by atoms with Gasteiger partial charge in [0.2, 0.25) is 0 Å². The van der Waals surface area contributed by atoms with E-state index in [2.05, 4.69) is 19.7 Å². The van der Waals surface area contributed by atoms with Gasteiger partial charge in [0.25, 0.3) is 0 Å². The number of halogens is 1. The summed E-state index contributed by atoms with van der Waals surface area (Å²) >= 11 is 0. The van der Waals surface area contributed by atoms with Gasteiger partial charge >= 0.3 is 17.9 Å². The lowest BCUT2D eigenvalue weighted by Crippen LogP contribution is -2.20. The van der Waals surface area contributed by atoms with Crippen LogP contribution in [0.2, 0.25) is 0 Å².